The molecule has 0 saturated heterocycles. The quantitative estimate of drug-likeness (QED) is 0.127. The van der Waals surface area contributed by atoms with Crippen molar-refractivity contribution in [2.75, 3.05) is 13.2 Å². The number of aliphatic hydroxyl groups excluding tert-OH is 1. The summed E-state index contributed by atoms with van der Waals surface area (Å²) in [5.41, 5.74) is 8.33. The van der Waals surface area contributed by atoms with Crippen LogP contribution in [0, 0.1) is 25.5 Å². The summed E-state index contributed by atoms with van der Waals surface area (Å²) in [6, 6.07) is 25.9. The number of fused-ring (bicyclic) bond motifs is 4. The molecule has 1 unspecified atom stereocenters. The number of hydrogen-bond donors (Lipinski definition) is 3. The second kappa shape index (κ2) is 18.0. The number of aldehydes is 2. The number of carbonyl (C=O) groups is 2. The summed E-state index contributed by atoms with van der Waals surface area (Å²) in [6.45, 7) is 4.61. The number of para-hydroxylation sites is 2. The van der Waals surface area contributed by atoms with Crippen LogP contribution in [0.4, 0.5) is 22.0 Å². The van der Waals surface area contributed by atoms with Gasteiger partial charge in [0.1, 0.15) is 17.7 Å². The van der Waals surface area contributed by atoms with Crippen LogP contribution in [0.15, 0.2) is 91.1 Å². The highest BCUT2D eigenvalue weighted by molar-refractivity contribution is 5.85. The van der Waals surface area contributed by atoms with E-state index in [4.69, 9.17) is 14.6 Å². The molecule has 0 radical (unpaired) electrons. The van der Waals surface area contributed by atoms with Crippen molar-refractivity contribution in [3.05, 3.63) is 142 Å². The zero-order valence-corrected chi connectivity index (χ0v) is 26.8. The van der Waals surface area contributed by atoms with Gasteiger partial charge in [0, 0.05) is 40.2 Å². The van der Waals surface area contributed by atoms with E-state index in [2.05, 4.69) is 28.2 Å². The Kier molecular flexibility index (Phi) is 14.2. The maximum absolute atomic E-state index is 14.2. The van der Waals surface area contributed by atoms with E-state index in [0.717, 1.165) is 40.7 Å². The van der Waals surface area contributed by atoms with Gasteiger partial charge in [-0.25, -0.2) is 8.78 Å². The van der Waals surface area contributed by atoms with Crippen LogP contribution >= 0.6 is 0 Å². The van der Waals surface area contributed by atoms with Crippen LogP contribution in [-0.4, -0.2) is 47.0 Å². The molecule has 6 aromatic rings. The van der Waals surface area contributed by atoms with Crippen LogP contribution < -0.4 is 0 Å². The number of rotatable bonds is 4. The third kappa shape index (κ3) is 10.2. The zero-order chi connectivity index (χ0) is 35.6. The van der Waals surface area contributed by atoms with Gasteiger partial charge in [0.25, 0.3) is 0 Å². The lowest BCUT2D eigenvalue weighted by Crippen LogP contribution is -2.18. The van der Waals surface area contributed by atoms with Crippen molar-refractivity contribution in [2.45, 2.75) is 46.4 Å². The van der Waals surface area contributed by atoms with Crippen molar-refractivity contribution in [3.8, 4) is 0 Å². The molecule has 6 nitrogen and oxygen atoms in total. The highest BCUT2D eigenvalue weighted by atomic mass is 19.4. The van der Waals surface area contributed by atoms with Gasteiger partial charge in [-0.1, -0.05) is 73.2 Å². The van der Waals surface area contributed by atoms with Gasteiger partial charge in [0.05, 0.1) is 17.9 Å². The average molecular weight is 695 g/mol. The fourth-order valence-corrected chi connectivity index (χ4v) is 5.40. The molecule has 0 saturated carbocycles. The number of H-pyrrole nitrogens is 2. The second-order valence-corrected chi connectivity index (χ2v) is 11.2. The number of benzene rings is 4. The van der Waals surface area contributed by atoms with Gasteiger partial charge in [0.15, 0.2) is 6.29 Å². The molecular formula is C39H39F5N2O4. The number of carbonyl (C=O) groups excluding carboxylic acids is 2. The number of halogens is 5. The van der Waals surface area contributed by atoms with Crippen LogP contribution in [0.25, 0.3) is 21.8 Å². The van der Waals surface area contributed by atoms with E-state index in [0.29, 0.717) is 18.5 Å². The predicted molar refractivity (Wildman–Crippen MR) is 185 cm³/mol. The molecule has 1 aliphatic rings. The molecule has 0 spiro atoms. The first-order valence-corrected chi connectivity index (χ1v) is 15.3. The Hall–Kier alpha value is -5.13. The first-order chi connectivity index (χ1) is 23.4. The van der Waals surface area contributed by atoms with Crippen molar-refractivity contribution in [1.82, 2.24) is 9.97 Å². The molecule has 50 heavy (non-hydrogen) atoms. The Morgan fingerprint density at radius 2 is 1.46 bits per heavy atom. The molecule has 0 fully saturated rings. The summed E-state index contributed by atoms with van der Waals surface area (Å²) in [5.74, 6) is -0.669. The van der Waals surface area contributed by atoms with Gasteiger partial charge in [-0.3, -0.25) is 9.59 Å². The lowest BCUT2D eigenvalue weighted by molar-refractivity contribution is -0.156. The standard InChI is InChI=1S/C18H16FNO.C10H11NO.C8H7FO.C2HF3O.CH4/c1-11-6-7-15(19)14(10-11)18-17-13(8-9-21-18)12-4-2-3-5-16(12)20-17;12-6-5-8-7-11-10-4-2-1-3-9(8)10;1-6-2-3-8(9)7(4-6)5-10;3-2(4,5)1-6;/h2-7,10,18,20H,8-9H2,1H3;1-4,7,11-12H,5-6H2;2-5H,1H3;1H;1H4. The highest BCUT2D eigenvalue weighted by Crippen LogP contribution is 2.37. The molecule has 4 aromatic carbocycles. The molecule has 2 aromatic heterocycles. The molecule has 3 heterocycles. The van der Waals surface area contributed by atoms with Gasteiger partial charge in [-0.05, 0) is 68.1 Å². The molecule has 11 heteroatoms. The molecular weight excluding hydrogens is 655 g/mol. The van der Waals surface area contributed by atoms with E-state index >= 15 is 0 Å². The number of hydrogen-bond acceptors (Lipinski definition) is 4. The van der Waals surface area contributed by atoms with Gasteiger partial charge < -0.3 is 19.8 Å². The van der Waals surface area contributed by atoms with Gasteiger partial charge >= 0.3 is 6.18 Å². The molecule has 0 bridgehead atoms. The summed E-state index contributed by atoms with van der Waals surface area (Å²) >= 11 is 0. The normalized spacial score (nSPS) is 13.3. The van der Waals surface area contributed by atoms with Gasteiger partial charge in [0.2, 0.25) is 6.29 Å². The average Bonchev–Trinajstić information content (AvgIpc) is 3.69. The summed E-state index contributed by atoms with van der Waals surface area (Å²) in [4.78, 5) is 25.4. The molecule has 0 aliphatic carbocycles. The van der Waals surface area contributed by atoms with Gasteiger partial charge in [-0.15, -0.1) is 0 Å². The maximum atomic E-state index is 14.2. The topological polar surface area (TPSA) is 95.2 Å². The molecule has 7 rings (SSSR count). The Morgan fingerprint density at radius 1 is 0.860 bits per heavy atom. The van der Waals surface area contributed by atoms with Crippen molar-refractivity contribution in [3.63, 3.8) is 0 Å². The number of aromatic amines is 2. The summed E-state index contributed by atoms with van der Waals surface area (Å²) in [5, 5.41) is 11.2. The largest absolute Gasteiger partial charge is 0.446 e. The summed E-state index contributed by atoms with van der Waals surface area (Å²) < 4.78 is 63.9. The molecule has 3 N–H and O–H groups in total. The Balaban J connectivity index is 0.000000199. The van der Waals surface area contributed by atoms with Crippen molar-refractivity contribution in [1.29, 1.82) is 0 Å². The van der Waals surface area contributed by atoms with Crippen molar-refractivity contribution < 1.29 is 41.4 Å². The molecule has 1 aliphatic heterocycles. The summed E-state index contributed by atoms with van der Waals surface area (Å²) in [6.07, 6.45) is -1.98. The van der Waals surface area contributed by atoms with E-state index in [9.17, 15) is 26.7 Å². The van der Waals surface area contributed by atoms with E-state index in [1.807, 2.05) is 56.4 Å². The first kappa shape index (κ1) is 39.3. The predicted octanol–water partition coefficient (Wildman–Crippen LogP) is 9.31. The maximum Gasteiger partial charge on any atom is 0.446 e. The highest BCUT2D eigenvalue weighted by Gasteiger charge is 2.28. The molecule has 1 atom stereocenters. The number of nitrogens with one attached hydrogen (secondary N) is 2. The van der Waals surface area contributed by atoms with Crippen LogP contribution in [-0.2, 0) is 22.4 Å². The minimum Gasteiger partial charge on any atom is -0.396 e. The molecule has 0 amide bonds. The zero-order valence-electron chi connectivity index (χ0n) is 26.8. The number of aromatic nitrogens is 2. The Labute approximate surface area is 286 Å². The van der Waals surface area contributed by atoms with Crippen LogP contribution in [0.3, 0.4) is 0 Å². The second-order valence-electron chi connectivity index (χ2n) is 11.2. The van der Waals surface area contributed by atoms with E-state index < -0.39 is 18.3 Å². The third-order valence-corrected chi connectivity index (χ3v) is 7.65. The number of aliphatic hydroxyl groups is 1. The first-order valence-electron chi connectivity index (χ1n) is 15.3. The fraction of sp³-hybridized carbons (Fsp3) is 0.231. The van der Waals surface area contributed by atoms with E-state index in [1.165, 1.54) is 40.1 Å². The third-order valence-electron chi connectivity index (χ3n) is 7.65. The lowest BCUT2D eigenvalue weighted by atomic mass is 9.96. The SMILES string of the molecule is C.Cc1ccc(F)c(C2OCCc3c2[nH]c2ccccc32)c1.Cc1ccc(F)c(C=O)c1.O=CC(F)(F)F.OCCc1c[nH]c2ccccc12. The number of ether oxygens (including phenoxy) is 1. The monoisotopic (exact) mass is 694 g/mol. The number of alkyl halides is 3. The Bertz CT molecular complexity index is 2020. The molecule has 264 valence electrons. The van der Waals surface area contributed by atoms with Crippen LogP contribution in [0.2, 0.25) is 0 Å². The Morgan fingerprint density at radius 3 is 2.08 bits per heavy atom. The minimum atomic E-state index is -4.64. The summed E-state index contributed by atoms with van der Waals surface area (Å²) in [7, 11) is 0. The van der Waals surface area contributed by atoms with Crippen LogP contribution in [0.5, 0.6) is 0 Å². The minimum absolute atomic E-state index is 0. The van der Waals surface area contributed by atoms with Crippen molar-refractivity contribution in [2.24, 2.45) is 0 Å². The smallest absolute Gasteiger partial charge is 0.396 e. The number of aryl methyl sites for hydroxylation is 2. The van der Waals surface area contributed by atoms with Crippen molar-refractivity contribution >= 4 is 34.4 Å². The fourth-order valence-electron chi connectivity index (χ4n) is 5.40. The lowest BCUT2D eigenvalue weighted by Gasteiger charge is -2.24. The van der Waals surface area contributed by atoms with E-state index in [-0.39, 0.29) is 31.5 Å². The van der Waals surface area contributed by atoms with Crippen LogP contribution in [0.1, 0.15) is 57.4 Å². The van der Waals surface area contributed by atoms with Gasteiger partial charge in [-0.2, -0.15) is 13.2 Å². The van der Waals surface area contributed by atoms with E-state index in [1.54, 1.807) is 12.1 Å².